The zero-order chi connectivity index (χ0) is 18.6. The molecule has 0 aliphatic carbocycles. The molecule has 2 rings (SSSR count). The highest BCUT2D eigenvalue weighted by molar-refractivity contribution is 9.11. The van der Waals surface area contributed by atoms with E-state index in [2.05, 4.69) is 41.9 Å². The van der Waals surface area contributed by atoms with Crippen LogP contribution in [-0.4, -0.2) is 14.3 Å². The van der Waals surface area contributed by atoms with E-state index >= 15 is 0 Å². The first-order valence-corrected chi connectivity index (χ1v) is 10.6. The molecule has 0 radical (unpaired) electrons. The van der Waals surface area contributed by atoms with E-state index in [1.54, 1.807) is 36.4 Å². The summed E-state index contributed by atoms with van der Waals surface area (Å²) in [6, 6.07) is 11.5. The van der Waals surface area contributed by atoms with Crippen LogP contribution < -0.4 is 10.0 Å². The maximum atomic E-state index is 12.5. The minimum Gasteiger partial charge on any atom is -0.326 e. The number of hydrogen-bond donors (Lipinski definition) is 2. The molecule has 0 fully saturated rings. The Labute approximate surface area is 164 Å². The van der Waals surface area contributed by atoms with Crippen molar-refractivity contribution >= 4 is 59.2 Å². The maximum Gasteiger partial charge on any atom is 0.263 e. The first kappa shape index (κ1) is 19.9. The second kappa shape index (κ2) is 8.33. The molecule has 0 unspecified atom stereocenters. The van der Waals surface area contributed by atoms with Crippen molar-refractivity contribution in [3.63, 3.8) is 0 Å². The highest BCUT2D eigenvalue weighted by Crippen LogP contribution is 2.27. The van der Waals surface area contributed by atoms with Crippen molar-refractivity contribution in [1.29, 1.82) is 0 Å². The lowest BCUT2D eigenvalue weighted by atomic mass is 10.1. The number of sulfonamides is 1. The predicted octanol–water partition coefficient (Wildman–Crippen LogP) is 5.00. The van der Waals surface area contributed by atoms with Gasteiger partial charge in [0.25, 0.3) is 10.0 Å². The van der Waals surface area contributed by atoms with Crippen molar-refractivity contribution in [2.24, 2.45) is 5.92 Å². The standard InChI is InChI=1S/C17H18Br2N2O3S/c1-11(2)9-17(22)20-13-4-6-14(7-5-13)21-25(23,24)16-10-12(18)3-8-15(16)19/h3-8,10-11,21H,9H2,1-2H3,(H,20,22). The molecule has 0 atom stereocenters. The van der Waals surface area contributed by atoms with Gasteiger partial charge in [0.15, 0.2) is 0 Å². The third-order valence-corrected chi connectivity index (χ3v) is 6.07. The summed E-state index contributed by atoms with van der Waals surface area (Å²) in [5.41, 5.74) is 1.03. The van der Waals surface area contributed by atoms with Crippen LogP contribution in [0.3, 0.4) is 0 Å². The molecule has 0 saturated heterocycles. The Hall–Kier alpha value is -1.38. The molecule has 0 spiro atoms. The minimum absolute atomic E-state index is 0.0682. The van der Waals surface area contributed by atoms with Crippen LogP contribution in [0.1, 0.15) is 20.3 Å². The fourth-order valence-corrected chi connectivity index (χ4v) is 4.66. The lowest BCUT2D eigenvalue weighted by molar-refractivity contribution is -0.116. The Morgan fingerprint density at radius 2 is 1.64 bits per heavy atom. The smallest absolute Gasteiger partial charge is 0.263 e. The zero-order valence-corrected chi connectivity index (χ0v) is 17.7. The van der Waals surface area contributed by atoms with E-state index in [0.29, 0.717) is 26.7 Å². The van der Waals surface area contributed by atoms with Crippen LogP contribution in [0.25, 0.3) is 0 Å². The van der Waals surface area contributed by atoms with Crippen LogP contribution in [-0.2, 0) is 14.8 Å². The van der Waals surface area contributed by atoms with E-state index in [4.69, 9.17) is 0 Å². The van der Waals surface area contributed by atoms with Gasteiger partial charge in [0, 0.05) is 26.7 Å². The molecular weight excluding hydrogens is 472 g/mol. The normalized spacial score (nSPS) is 11.4. The largest absolute Gasteiger partial charge is 0.326 e. The van der Waals surface area contributed by atoms with Crippen LogP contribution in [0.15, 0.2) is 56.3 Å². The summed E-state index contributed by atoms with van der Waals surface area (Å²) in [6.07, 6.45) is 0.436. The van der Waals surface area contributed by atoms with Crippen molar-refractivity contribution in [3.8, 4) is 0 Å². The number of anilines is 2. The molecule has 0 bridgehead atoms. The van der Waals surface area contributed by atoms with Gasteiger partial charge in [0.2, 0.25) is 5.91 Å². The van der Waals surface area contributed by atoms with E-state index in [1.165, 1.54) is 6.07 Å². The van der Waals surface area contributed by atoms with Gasteiger partial charge >= 0.3 is 0 Å². The first-order chi connectivity index (χ1) is 11.7. The van der Waals surface area contributed by atoms with Crippen LogP contribution >= 0.6 is 31.9 Å². The van der Waals surface area contributed by atoms with E-state index in [0.717, 1.165) is 0 Å². The molecule has 0 aromatic heterocycles. The summed E-state index contributed by atoms with van der Waals surface area (Å²) in [6.45, 7) is 3.94. The van der Waals surface area contributed by atoms with Gasteiger partial charge in [0.05, 0.1) is 0 Å². The molecule has 2 aromatic carbocycles. The lowest BCUT2D eigenvalue weighted by Crippen LogP contribution is -2.15. The summed E-state index contributed by atoms with van der Waals surface area (Å²) in [4.78, 5) is 11.9. The Kier molecular flexibility index (Phi) is 6.65. The predicted molar refractivity (Wildman–Crippen MR) is 107 cm³/mol. The quantitative estimate of drug-likeness (QED) is 0.599. The molecule has 25 heavy (non-hydrogen) atoms. The molecule has 2 aromatic rings. The minimum atomic E-state index is -3.73. The third-order valence-electron chi connectivity index (χ3n) is 3.20. The molecular formula is C17H18Br2N2O3S. The number of nitrogens with one attached hydrogen (secondary N) is 2. The first-order valence-electron chi connectivity index (χ1n) is 7.55. The summed E-state index contributed by atoms with van der Waals surface area (Å²) >= 11 is 6.52. The van der Waals surface area contributed by atoms with Gasteiger partial charge < -0.3 is 5.32 Å². The molecule has 0 saturated carbocycles. The van der Waals surface area contributed by atoms with E-state index in [1.807, 2.05) is 13.8 Å². The topological polar surface area (TPSA) is 75.3 Å². The monoisotopic (exact) mass is 488 g/mol. The van der Waals surface area contributed by atoms with Gasteiger partial charge in [-0.15, -0.1) is 0 Å². The van der Waals surface area contributed by atoms with E-state index < -0.39 is 10.0 Å². The average Bonchev–Trinajstić information content (AvgIpc) is 2.50. The van der Waals surface area contributed by atoms with Gasteiger partial charge in [0.1, 0.15) is 4.90 Å². The second-order valence-corrected chi connectivity index (χ2v) is 9.32. The van der Waals surface area contributed by atoms with Crippen LogP contribution in [0, 0.1) is 5.92 Å². The number of benzene rings is 2. The Morgan fingerprint density at radius 1 is 1.04 bits per heavy atom. The molecule has 8 heteroatoms. The number of carbonyl (C=O) groups is 1. The Bertz CT molecular complexity index is 866. The van der Waals surface area contributed by atoms with E-state index in [9.17, 15) is 13.2 Å². The third kappa shape index (κ3) is 5.83. The number of carbonyl (C=O) groups excluding carboxylic acids is 1. The molecule has 1 amide bonds. The molecule has 134 valence electrons. The average molecular weight is 490 g/mol. The second-order valence-electron chi connectivity index (χ2n) is 5.90. The number of rotatable bonds is 6. The molecule has 0 aliphatic rings. The fourth-order valence-electron chi connectivity index (χ4n) is 2.10. The molecule has 2 N–H and O–H groups in total. The summed E-state index contributed by atoms with van der Waals surface area (Å²) in [5, 5.41) is 2.78. The summed E-state index contributed by atoms with van der Waals surface area (Å²) in [5.74, 6) is 0.205. The zero-order valence-electron chi connectivity index (χ0n) is 13.7. The number of hydrogen-bond acceptors (Lipinski definition) is 3. The molecule has 5 nitrogen and oxygen atoms in total. The van der Waals surface area contributed by atoms with Gasteiger partial charge in [-0.1, -0.05) is 29.8 Å². The van der Waals surface area contributed by atoms with Gasteiger partial charge in [-0.3, -0.25) is 9.52 Å². The summed E-state index contributed by atoms with van der Waals surface area (Å²) < 4.78 is 28.7. The number of halogens is 2. The SMILES string of the molecule is CC(C)CC(=O)Nc1ccc(NS(=O)(=O)c2cc(Br)ccc2Br)cc1. The van der Waals surface area contributed by atoms with E-state index in [-0.39, 0.29) is 16.7 Å². The maximum absolute atomic E-state index is 12.5. The van der Waals surface area contributed by atoms with Gasteiger partial charge in [-0.2, -0.15) is 0 Å². The van der Waals surface area contributed by atoms with Gasteiger partial charge in [-0.05, 0) is 64.3 Å². The lowest BCUT2D eigenvalue weighted by Gasteiger charge is -2.11. The highest BCUT2D eigenvalue weighted by Gasteiger charge is 2.18. The van der Waals surface area contributed by atoms with Crippen molar-refractivity contribution in [2.45, 2.75) is 25.2 Å². The Morgan fingerprint density at radius 3 is 2.24 bits per heavy atom. The Balaban J connectivity index is 2.12. The number of amides is 1. The summed E-state index contributed by atoms with van der Waals surface area (Å²) in [7, 11) is -3.73. The van der Waals surface area contributed by atoms with Gasteiger partial charge in [-0.25, -0.2) is 8.42 Å². The molecule has 0 heterocycles. The van der Waals surface area contributed by atoms with Crippen molar-refractivity contribution in [2.75, 3.05) is 10.0 Å². The fraction of sp³-hybridized carbons (Fsp3) is 0.235. The van der Waals surface area contributed by atoms with Crippen LogP contribution in [0.5, 0.6) is 0 Å². The van der Waals surface area contributed by atoms with Crippen LogP contribution in [0.2, 0.25) is 0 Å². The van der Waals surface area contributed by atoms with Crippen molar-refractivity contribution in [1.82, 2.24) is 0 Å². The molecule has 0 aliphatic heterocycles. The van der Waals surface area contributed by atoms with Crippen molar-refractivity contribution in [3.05, 3.63) is 51.4 Å². The van der Waals surface area contributed by atoms with Crippen LogP contribution in [0.4, 0.5) is 11.4 Å². The van der Waals surface area contributed by atoms with Crippen molar-refractivity contribution < 1.29 is 13.2 Å². The highest BCUT2D eigenvalue weighted by atomic mass is 79.9.